The number of hydrogen-bond acceptors (Lipinski definition) is 6. The van der Waals surface area contributed by atoms with E-state index in [0.29, 0.717) is 13.2 Å². The second kappa shape index (κ2) is 7.79. The molecule has 2 aliphatic heterocycles. The Bertz CT molecular complexity index is 1180. The Morgan fingerprint density at radius 2 is 1.87 bits per heavy atom. The molecule has 5 rings (SSSR count). The normalized spacial score (nSPS) is 18.5. The lowest BCUT2D eigenvalue weighted by Gasteiger charge is -2.43. The van der Waals surface area contributed by atoms with Crippen molar-refractivity contribution in [1.29, 1.82) is 0 Å². The quantitative estimate of drug-likeness (QED) is 0.652. The molecule has 0 saturated carbocycles. The van der Waals surface area contributed by atoms with Gasteiger partial charge in [0.25, 0.3) is 5.91 Å². The molecule has 1 amide bonds. The van der Waals surface area contributed by atoms with Gasteiger partial charge >= 0.3 is 0 Å². The van der Waals surface area contributed by atoms with E-state index < -0.39 is 17.2 Å². The van der Waals surface area contributed by atoms with E-state index in [2.05, 4.69) is 4.98 Å². The van der Waals surface area contributed by atoms with E-state index in [1.807, 2.05) is 47.5 Å². The number of aromatic nitrogens is 2. The predicted octanol–water partition coefficient (Wildman–Crippen LogP) is 2.26. The summed E-state index contributed by atoms with van der Waals surface area (Å²) in [5.74, 6) is -0.156. The third-order valence-electron chi connectivity index (χ3n) is 5.70. The van der Waals surface area contributed by atoms with Crippen LogP contribution in [-0.2, 0) is 0 Å². The Hall–Kier alpha value is -3.81. The Morgan fingerprint density at radius 1 is 1.03 bits per heavy atom. The monoisotopic (exact) mass is 418 g/mol. The minimum absolute atomic E-state index is 0.0303. The van der Waals surface area contributed by atoms with Gasteiger partial charge in [-0.1, -0.05) is 24.3 Å². The molecule has 158 valence electrons. The van der Waals surface area contributed by atoms with Gasteiger partial charge < -0.3 is 14.7 Å². The number of pyridine rings is 2. The molecule has 2 aliphatic rings. The molecule has 2 aromatic heterocycles. The number of para-hydroxylation sites is 1. The highest BCUT2D eigenvalue weighted by atomic mass is 16.5. The summed E-state index contributed by atoms with van der Waals surface area (Å²) in [4.78, 5) is 31.6. The first-order chi connectivity index (χ1) is 15.1. The van der Waals surface area contributed by atoms with Gasteiger partial charge in [-0.3, -0.25) is 24.3 Å². The highest BCUT2D eigenvalue weighted by Crippen LogP contribution is 2.36. The molecule has 1 N–H and O–H groups in total. The molecule has 8 heteroatoms. The summed E-state index contributed by atoms with van der Waals surface area (Å²) in [6.45, 7) is 1.31. The fourth-order valence-corrected chi connectivity index (χ4v) is 4.20. The van der Waals surface area contributed by atoms with Crippen molar-refractivity contribution >= 4 is 5.91 Å². The molecule has 0 aliphatic carbocycles. The number of benzene rings is 1. The molecule has 2 bridgehead atoms. The number of fused-ring (bicyclic) bond motifs is 5. The molecule has 1 unspecified atom stereocenters. The average Bonchev–Trinajstić information content (AvgIpc) is 2.82. The Kier molecular flexibility index (Phi) is 4.82. The van der Waals surface area contributed by atoms with Crippen molar-refractivity contribution in [2.24, 2.45) is 0 Å². The third-order valence-corrected chi connectivity index (χ3v) is 5.70. The molecular weight excluding hydrogens is 396 g/mol. The number of rotatable bonds is 1. The van der Waals surface area contributed by atoms with Crippen LogP contribution in [0.15, 0.2) is 65.7 Å². The second-order valence-electron chi connectivity index (χ2n) is 7.62. The largest absolute Gasteiger partial charge is 0.502 e. The number of hydrogen-bond donors (Lipinski definition) is 1. The zero-order chi connectivity index (χ0) is 21.4. The number of amides is 1. The zero-order valence-corrected chi connectivity index (χ0v) is 16.8. The first-order valence-corrected chi connectivity index (χ1v) is 10.3. The zero-order valence-electron chi connectivity index (χ0n) is 16.8. The summed E-state index contributed by atoms with van der Waals surface area (Å²) in [5, 5.41) is 12.5. The van der Waals surface area contributed by atoms with Gasteiger partial charge in [-0.2, -0.15) is 0 Å². The van der Waals surface area contributed by atoms with E-state index in [0.717, 1.165) is 29.8 Å². The van der Waals surface area contributed by atoms with Gasteiger partial charge in [0.05, 0.1) is 12.3 Å². The van der Waals surface area contributed by atoms with E-state index in [1.165, 1.54) is 12.3 Å². The molecule has 4 heterocycles. The maximum Gasteiger partial charge on any atom is 0.277 e. The van der Waals surface area contributed by atoms with Crippen molar-refractivity contribution in [2.45, 2.75) is 18.9 Å². The summed E-state index contributed by atoms with van der Waals surface area (Å²) < 4.78 is 7.68. The van der Waals surface area contributed by atoms with Gasteiger partial charge in [-0.05, 0) is 31.0 Å². The molecule has 0 radical (unpaired) electrons. The number of carbonyl (C=O) groups is 1. The molecule has 0 saturated heterocycles. The molecular formula is C23H22N4O4. The maximum absolute atomic E-state index is 13.2. The van der Waals surface area contributed by atoms with Crippen LogP contribution in [0.4, 0.5) is 0 Å². The van der Waals surface area contributed by atoms with Crippen molar-refractivity contribution in [1.82, 2.24) is 14.6 Å². The van der Waals surface area contributed by atoms with E-state index >= 15 is 0 Å². The smallest absolute Gasteiger partial charge is 0.277 e. The van der Waals surface area contributed by atoms with Crippen LogP contribution in [0.1, 0.15) is 40.6 Å². The molecule has 1 aromatic carbocycles. The van der Waals surface area contributed by atoms with E-state index in [-0.39, 0.29) is 18.3 Å². The van der Waals surface area contributed by atoms with Gasteiger partial charge in [0.15, 0.2) is 11.4 Å². The third kappa shape index (κ3) is 3.30. The van der Waals surface area contributed by atoms with Crippen LogP contribution in [-0.4, -0.2) is 45.4 Å². The van der Waals surface area contributed by atoms with Crippen molar-refractivity contribution in [3.05, 3.63) is 88.1 Å². The van der Waals surface area contributed by atoms with Gasteiger partial charge in [0.2, 0.25) is 5.43 Å². The predicted molar refractivity (Wildman–Crippen MR) is 114 cm³/mol. The fourth-order valence-electron chi connectivity index (χ4n) is 4.20. The number of aromatic hydroxyl groups is 1. The highest BCUT2D eigenvalue weighted by molar-refractivity contribution is 5.96. The summed E-state index contributed by atoms with van der Waals surface area (Å²) in [6, 6.07) is 14.3. The lowest BCUT2D eigenvalue weighted by molar-refractivity contribution is 0.0675. The van der Waals surface area contributed by atoms with E-state index in [9.17, 15) is 14.7 Å². The summed E-state index contributed by atoms with van der Waals surface area (Å²) in [7, 11) is 0. The summed E-state index contributed by atoms with van der Waals surface area (Å²) >= 11 is 0. The second-order valence-corrected chi connectivity index (χ2v) is 7.62. The van der Waals surface area contributed by atoms with Crippen LogP contribution >= 0.6 is 0 Å². The number of carbonyl (C=O) groups excluding carboxylic acids is 1. The summed E-state index contributed by atoms with van der Waals surface area (Å²) in [6.07, 6.45) is 4.78. The number of ether oxygens (including phenoxy) is 1. The molecule has 0 fully saturated rings. The lowest BCUT2D eigenvalue weighted by Crippen LogP contribution is -2.55. The first-order valence-electron chi connectivity index (χ1n) is 10.3. The average molecular weight is 418 g/mol. The van der Waals surface area contributed by atoms with Gasteiger partial charge in [-0.25, -0.2) is 0 Å². The van der Waals surface area contributed by atoms with Gasteiger partial charge in [-0.15, -0.1) is 0 Å². The standard InChI is InChI=1S/C23H22N4O4/c28-18-10-13-26-21(22(18)29)23(30)25-12-5-6-14-31-19-9-2-1-7-16(19)20(27(26)15-25)17-8-3-4-11-24-17/h1-4,7-11,13,20,29H,5-6,12,14-15H2. The minimum atomic E-state index is -0.580. The highest BCUT2D eigenvalue weighted by Gasteiger charge is 2.37. The fraction of sp³-hybridized carbons (Fsp3) is 0.261. The Labute approximate surface area is 178 Å². The minimum Gasteiger partial charge on any atom is -0.502 e. The van der Waals surface area contributed by atoms with Crippen molar-refractivity contribution < 1.29 is 14.6 Å². The van der Waals surface area contributed by atoms with Crippen LogP contribution < -0.4 is 15.2 Å². The van der Waals surface area contributed by atoms with E-state index in [4.69, 9.17) is 4.74 Å². The maximum atomic E-state index is 13.2. The topological polar surface area (TPSA) is 87.9 Å². The van der Waals surface area contributed by atoms with Crippen LogP contribution in [0.5, 0.6) is 11.5 Å². The molecule has 8 nitrogen and oxygen atoms in total. The SMILES string of the molecule is O=C1c2c(O)c(=O)ccn2N2CN1CCCCOc1ccccc1C2c1ccccn1. The summed E-state index contributed by atoms with van der Waals surface area (Å²) in [5.41, 5.74) is 1.04. The Morgan fingerprint density at radius 3 is 2.71 bits per heavy atom. The van der Waals surface area contributed by atoms with Crippen molar-refractivity contribution in [3.63, 3.8) is 0 Å². The van der Waals surface area contributed by atoms with Crippen LogP contribution in [0.3, 0.4) is 0 Å². The van der Waals surface area contributed by atoms with Gasteiger partial charge in [0, 0.05) is 30.6 Å². The van der Waals surface area contributed by atoms with Crippen molar-refractivity contribution in [2.75, 3.05) is 24.8 Å². The number of nitrogens with zero attached hydrogens (tertiary/aromatic N) is 4. The first kappa shape index (κ1) is 19.2. The Balaban J connectivity index is 1.78. The lowest BCUT2D eigenvalue weighted by atomic mass is 10.0. The van der Waals surface area contributed by atoms with E-state index in [1.54, 1.807) is 15.8 Å². The van der Waals surface area contributed by atoms with Gasteiger partial charge in [0.1, 0.15) is 18.5 Å². The van der Waals surface area contributed by atoms with Crippen LogP contribution in [0, 0.1) is 0 Å². The molecule has 0 spiro atoms. The van der Waals surface area contributed by atoms with Crippen LogP contribution in [0.2, 0.25) is 0 Å². The molecule has 3 aromatic rings. The van der Waals surface area contributed by atoms with Crippen LogP contribution in [0.25, 0.3) is 0 Å². The molecule has 31 heavy (non-hydrogen) atoms. The molecule has 1 atom stereocenters. The van der Waals surface area contributed by atoms with Crippen molar-refractivity contribution in [3.8, 4) is 11.5 Å².